The molecule has 0 aliphatic heterocycles. The maximum absolute atomic E-state index is 10.0. The summed E-state index contributed by atoms with van der Waals surface area (Å²) >= 11 is 0. The third-order valence-corrected chi connectivity index (χ3v) is 2.93. The highest BCUT2D eigenvalue weighted by Crippen LogP contribution is 2.20. The SMILES string of the molecule is Cc1ccc(N)cc1NCC(O)c1ccccc1. The van der Waals surface area contributed by atoms with E-state index in [2.05, 4.69) is 5.32 Å². The molecule has 0 aliphatic rings. The Morgan fingerprint density at radius 3 is 2.61 bits per heavy atom. The van der Waals surface area contributed by atoms with E-state index in [0.717, 1.165) is 22.5 Å². The smallest absolute Gasteiger partial charge is 0.0962 e. The van der Waals surface area contributed by atoms with Gasteiger partial charge in [0.1, 0.15) is 0 Å². The molecule has 3 nitrogen and oxygen atoms in total. The van der Waals surface area contributed by atoms with Crippen molar-refractivity contribution in [1.82, 2.24) is 0 Å². The van der Waals surface area contributed by atoms with Crippen LogP contribution >= 0.6 is 0 Å². The van der Waals surface area contributed by atoms with Crippen LogP contribution < -0.4 is 11.1 Å². The van der Waals surface area contributed by atoms with Gasteiger partial charge in [-0.3, -0.25) is 0 Å². The van der Waals surface area contributed by atoms with Crippen molar-refractivity contribution in [2.75, 3.05) is 17.6 Å². The molecule has 2 aromatic rings. The van der Waals surface area contributed by atoms with Crippen LogP contribution in [0.2, 0.25) is 0 Å². The van der Waals surface area contributed by atoms with Crippen molar-refractivity contribution in [2.24, 2.45) is 0 Å². The van der Waals surface area contributed by atoms with Gasteiger partial charge < -0.3 is 16.2 Å². The predicted octanol–water partition coefficient (Wildman–Crippen LogP) is 2.72. The van der Waals surface area contributed by atoms with Crippen LogP contribution in [-0.2, 0) is 0 Å². The standard InChI is InChI=1S/C15H18N2O/c1-11-7-8-13(16)9-14(11)17-10-15(18)12-5-3-2-4-6-12/h2-9,15,17-18H,10,16H2,1H3. The highest BCUT2D eigenvalue weighted by atomic mass is 16.3. The van der Waals surface area contributed by atoms with Crippen LogP contribution in [0.3, 0.4) is 0 Å². The Morgan fingerprint density at radius 1 is 1.17 bits per heavy atom. The van der Waals surface area contributed by atoms with Gasteiger partial charge >= 0.3 is 0 Å². The minimum atomic E-state index is -0.521. The lowest BCUT2D eigenvalue weighted by molar-refractivity contribution is 0.191. The first kappa shape index (κ1) is 12.5. The molecule has 0 fully saturated rings. The van der Waals surface area contributed by atoms with E-state index in [9.17, 15) is 5.11 Å². The van der Waals surface area contributed by atoms with Crippen LogP contribution in [0.1, 0.15) is 17.2 Å². The fraction of sp³-hybridized carbons (Fsp3) is 0.200. The summed E-state index contributed by atoms with van der Waals surface area (Å²) in [6.45, 7) is 2.48. The molecule has 0 aromatic heterocycles. The van der Waals surface area contributed by atoms with E-state index in [-0.39, 0.29) is 0 Å². The summed E-state index contributed by atoms with van der Waals surface area (Å²) in [5.41, 5.74) is 9.45. The van der Waals surface area contributed by atoms with Crippen LogP contribution in [0.5, 0.6) is 0 Å². The topological polar surface area (TPSA) is 58.3 Å². The van der Waals surface area contributed by atoms with Gasteiger partial charge in [0.25, 0.3) is 0 Å². The second-order valence-corrected chi connectivity index (χ2v) is 4.38. The Bertz CT molecular complexity index is 511. The first-order chi connectivity index (χ1) is 8.66. The molecule has 3 heteroatoms. The fourth-order valence-electron chi connectivity index (χ4n) is 1.83. The Balaban J connectivity index is 2.01. The van der Waals surface area contributed by atoms with Crippen molar-refractivity contribution < 1.29 is 5.11 Å². The summed E-state index contributed by atoms with van der Waals surface area (Å²) in [6, 6.07) is 15.3. The van der Waals surface area contributed by atoms with E-state index in [0.29, 0.717) is 6.54 Å². The van der Waals surface area contributed by atoms with E-state index in [4.69, 9.17) is 5.73 Å². The molecule has 0 aliphatic carbocycles. The Hall–Kier alpha value is -2.00. The lowest BCUT2D eigenvalue weighted by atomic mass is 10.1. The summed E-state index contributed by atoms with van der Waals surface area (Å²) in [7, 11) is 0. The lowest BCUT2D eigenvalue weighted by Gasteiger charge is -2.15. The van der Waals surface area contributed by atoms with Gasteiger partial charge in [0.05, 0.1) is 6.10 Å². The Labute approximate surface area is 107 Å². The number of hydrogen-bond donors (Lipinski definition) is 3. The number of aliphatic hydroxyl groups excluding tert-OH is 1. The summed E-state index contributed by atoms with van der Waals surface area (Å²) in [5, 5.41) is 13.3. The van der Waals surface area contributed by atoms with Crippen LogP contribution in [-0.4, -0.2) is 11.7 Å². The molecule has 94 valence electrons. The zero-order valence-corrected chi connectivity index (χ0v) is 10.4. The molecule has 1 atom stereocenters. The van der Waals surface area contributed by atoms with Crippen molar-refractivity contribution in [3.8, 4) is 0 Å². The number of nitrogens with one attached hydrogen (secondary N) is 1. The van der Waals surface area contributed by atoms with Crippen molar-refractivity contribution >= 4 is 11.4 Å². The summed E-state index contributed by atoms with van der Waals surface area (Å²) < 4.78 is 0. The van der Waals surface area contributed by atoms with Gasteiger partial charge in [-0.2, -0.15) is 0 Å². The monoisotopic (exact) mass is 242 g/mol. The predicted molar refractivity (Wildman–Crippen MR) is 75.5 cm³/mol. The normalized spacial score (nSPS) is 12.1. The number of aryl methyl sites for hydroxylation is 1. The largest absolute Gasteiger partial charge is 0.399 e. The molecule has 0 saturated carbocycles. The number of benzene rings is 2. The number of aliphatic hydroxyl groups is 1. The second kappa shape index (κ2) is 5.56. The molecular weight excluding hydrogens is 224 g/mol. The molecule has 18 heavy (non-hydrogen) atoms. The first-order valence-electron chi connectivity index (χ1n) is 6.00. The minimum absolute atomic E-state index is 0.467. The molecule has 0 saturated heterocycles. The number of nitrogen functional groups attached to an aromatic ring is 1. The van der Waals surface area contributed by atoms with Crippen molar-refractivity contribution in [2.45, 2.75) is 13.0 Å². The third kappa shape index (κ3) is 3.02. The first-order valence-corrected chi connectivity index (χ1v) is 6.00. The third-order valence-electron chi connectivity index (χ3n) is 2.93. The van der Waals surface area contributed by atoms with Gasteiger partial charge in [-0.1, -0.05) is 36.4 Å². The second-order valence-electron chi connectivity index (χ2n) is 4.38. The van der Waals surface area contributed by atoms with Crippen LogP contribution in [0.15, 0.2) is 48.5 Å². The molecule has 4 N–H and O–H groups in total. The summed E-state index contributed by atoms with van der Waals surface area (Å²) in [5.74, 6) is 0. The molecule has 0 amide bonds. The lowest BCUT2D eigenvalue weighted by Crippen LogP contribution is -2.12. The zero-order chi connectivity index (χ0) is 13.0. The average molecular weight is 242 g/mol. The highest BCUT2D eigenvalue weighted by Gasteiger charge is 2.07. The van der Waals surface area contributed by atoms with E-state index in [1.54, 1.807) is 0 Å². The Morgan fingerprint density at radius 2 is 1.89 bits per heavy atom. The van der Waals surface area contributed by atoms with Crippen LogP contribution in [0, 0.1) is 6.92 Å². The fourth-order valence-corrected chi connectivity index (χ4v) is 1.83. The number of anilines is 2. The van der Waals surface area contributed by atoms with Gasteiger partial charge in [0.2, 0.25) is 0 Å². The van der Waals surface area contributed by atoms with Gasteiger partial charge in [0, 0.05) is 17.9 Å². The van der Waals surface area contributed by atoms with Crippen LogP contribution in [0.4, 0.5) is 11.4 Å². The van der Waals surface area contributed by atoms with Gasteiger partial charge in [-0.25, -0.2) is 0 Å². The molecule has 2 aromatic carbocycles. The summed E-state index contributed by atoms with van der Waals surface area (Å²) in [4.78, 5) is 0. The van der Waals surface area contributed by atoms with E-state index < -0.39 is 6.10 Å². The maximum atomic E-state index is 10.0. The Kier molecular flexibility index (Phi) is 3.85. The van der Waals surface area contributed by atoms with Crippen molar-refractivity contribution in [1.29, 1.82) is 0 Å². The number of nitrogens with two attached hydrogens (primary N) is 1. The number of hydrogen-bond acceptors (Lipinski definition) is 3. The van der Waals surface area contributed by atoms with Crippen LogP contribution in [0.25, 0.3) is 0 Å². The van der Waals surface area contributed by atoms with E-state index >= 15 is 0 Å². The quantitative estimate of drug-likeness (QED) is 0.722. The maximum Gasteiger partial charge on any atom is 0.0962 e. The minimum Gasteiger partial charge on any atom is -0.399 e. The molecule has 2 rings (SSSR count). The zero-order valence-electron chi connectivity index (χ0n) is 10.4. The number of rotatable bonds is 4. The molecule has 0 spiro atoms. The van der Waals surface area contributed by atoms with Gasteiger partial charge in [0.15, 0.2) is 0 Å². The van der Waals surface area contributed by atoms with Gasteiger partial charge in [-0.15, -0.1) is 0 Å². The summed E-state index contributed by atoms with van der Waals surface area (Å²) in [6.07, 6.45) is -0.521. The van der Waals surface area contributed by atoms with Crippen molar-refractivity contribution in [3.63, 3.8) is 0 Å². The van der Waals surface area contributed by atoms with Gasteiger partial charge in [-0.05, 0) is 30.2 Å². The molecular formula is C15H18N2O. The van der Waals surface area contributed by atoms with Crippen molar-refractivity contribution in [3.05, 3.63) is 59.7 Å². The molecule has 0 radical (unpaired) electrons. The highest BCUT2D eigenvalue weighted by molar-refractivity contribution is 5.59. The molecule has 1 unspecified atom stereocenters. The molecule has 0 heterocycles. The molecule has 0 bridgehead atoms. The van der Waals surface area contributed by atoms with E-state index in [1.807, 2.05) is 55.5 Å². The van der Waals surface area contributed by atoms with E-state index in [1.165, 1.54) is 0 Å². The average Bonchev–Trinajstić information content (AvgIpc) is 2.40.